The maximum absolute atomic E-state index is 11.9. The molecule has 1 heterocycles. The van der Waals surface area contributed by atoms with Crippen molar-refractivity contribution in [2.75, 3.05) is 7.11 Å². The highest BCUT2D eigenvalue weighted by Crippen LogP contribution is 2.27. The molecule has 0 amide bonds. The van der Waals surface area contributed by atoms with Gasteiger partial charge in [0.25, 0.3) is 0 Å². The second kappa shape index (κ2) is 4.66. The quantitative estimate of drug-likeness (QED) is 0.853. The van der Waals surface area contributed by atoms with E-state index in [0.717, 1.165) is 23.9 Å². The molecule has 0 spiro atoms. The Morgan fingerprint density at radius 2 is 2.32 bits per heavy atom. The van der Waals surface area contributed by atoms with Gasteiger partial charge in [-0.25, -0.2) is 9.78 Å². The number of rotatable bonds is 4. The summed E-state index contributed by atoms with van der Waals surface area (Å²) in [5.74, 6) is 0.347. The molecular formula is C14H16N2O3. The number of carbonyl (C=O) groups excluding carboxylic acids is 1. The summed E-state index contributed by atoms with van der Waals surface area (Å²) >= 11 is 0. The van der Waals surface area contributed by atoms with E-state index in [2.05, 4.69) is 10.3 Å². The zero-order chi connectivity index (χ0) is 13.4. The van der Waals surface area contributed by atoms with E-state index in [9.17, 15) is 4.79 Å². The lowest BCUT2D eigenvalue weighted by atomic mass is 10.1. The molecule has 5 nitrogen and oxygen atoms in total. The smallest absolute Gasteiger partial charge is 0.327 e. The topological polar surface area (TPSA) is 64.4 Å². The van der Waals surface area contributed by atoms with Crippen LogP contribution in [0.2, 0.25) is 0 Å². The maximum Gasteiger partial charge on any atom is 0.327 e. The monoisotopic (exact) mass is 260 g/mol. The Morgan fingerprint density at radius 3 is 3.00 bits per heavy atom. The molecule has 0 radical (unpaired) electrons. The molecule has 0 aliphatic heterocycles. The lowest BCUT2D eigenvalue weighted by Crippen LogP contribution is -2.31. The molecule has 1 aliphatic rings. The highest BCUT2D eigenvalue weighted by atomic mass is 16.5. The molecule has 5 heteroatoms. The lowest BCUT2D eigenvalue weighted by Gasteiger charge is -2.16. The van der Waals surface area contributed by atoms with E-state index < -0.39 is 6.04 Å². The first-order valence-electron chi connectivity index (χ1n) is 6.38. The Hall–Kier alpha value is -1.88. The Labute approximate surface area is 111 Å². The molecule has 1 saturated carbocycles. The van der Waals surface area contributed by atoms with E-state index in [1.807, 2.05) is 18.2 Å². The van der Waals surface area contributed by atoms with Crippen molar-refractivity contribution in [3.63, 3.8) is 0 Å². The number of aryl methyl sites for hydroxylation is 1. The summed E-state index contributed by atoms with van der Waals surface area (Å²) in [6.07, 6.45) is 2.22. The van der Waals surface area contributed by atoms with Gasteiger partial charge in [-0.15, -0.1) is 0 Å². The van der Waals surface area contributed by atoms with Gasteiger partial charge in [0.1, 0.15) is 11.6 Å². The van der Waals surface area contributed by atoms with E-state index in [0.29, 0.717) is 17.5 Å². The summed E-state index contributed by atoms with van der Waals surface area (Å²) in [6.45, 7) is 1.81. The summed E-state index contributed by atoms with van der Waals surface area (Å²) in [5.41, 5.74) is 2.35. The first-order valence-corrected chi connectivity index (χ1v) is 6.38. The van der Waals surface area contributed by atoms with Crippen LogP contribution in [0.5, 0.6) is 0 Å². The van der Waals surface area contributed by atoms with Crippen LogP contribution in [0.15, 0.2) is 22.6 Å². The van der Waals surface area contributed by atoms with Gasteiger partial charge in [0, 0.05) is 13.0 Å². The SMILES string of the molecule is COC(=O)C(NC1CC1)c1ccc2nc(C)oc2c1. The minimum absolute atomic E-state index is 0.275. The van der Waals surface area contributed by atoms with E-state index >= 15 is 0 Å². The van der Waals surface area contributed by atoms with E-state index in [-0.39, 0.29) is 5.97 Å². The number of nitrogens with one attached hydrogen (secondary N) is 1. The van der Waals surface area contributed by atoms with Crippen molar-refractivity contribution in [1.82, 2.24) is 10.3 Å². The molecule has 1 fully saturated rings. The van der Waals surface area contributed by atoms with Gasteiger partial charge in [-0.2, -0.15) is 0 Å². The van der Waals surface area contributed by atoms with Crippen LogP contribution in [-0.4, -0.2) is 24.1 Å². The molecular weight excluding hydrogens is 244 g/mol. The van der Waals surface area contributed by atoms with Gasteiger partial charge >= 0.3 is 5.97 Å². The van der Waals surface area contributed by atoms with Crippen molar-refractivity contribution in [1.29, 1.82) is 0 Å². The molecule has 1 aliphatic carbocycles. The molecule has 2 aromatic rings. The fourth-order valence-corrected chi connectivity index (χ4v) is 2.14. The van der Waals surface area contributed by atoms with E-state index in [4.69, 9.17) is 9.15 Å². The largest absolute Gasteiger partial charge is 0.468 e. The van der Waals surface area contributed by atoms with Crippen molar-refractivity contribution >= 4 is 17.1 Å². The summed E-state index contributed by atoms with van der Waals surface area (Å²) in [5, 5.41) is 3.29. The number of carbonyl (C=O) groups is 1. The van der Waals surface area contributed by atoms with Crippen molar-refractivity contribution in [2.24, 2.45) is 0 Å². The van der Waals surface area contributed by atoms with Crippen LogP contribution in [0.3, 0.4) is 0 Å². The van der Waals surface area contributed by atoms with Crippen molar-refractivity contribution in [3.8, 4) is 0 Å². The molecule has 0 saturated heterocycles. The summed E-state index contributed by atoms with van der Waals surface area (Å²) in [4.78, 5) is 16.1. The van der Waals surface area contributed by atoms with Gasteiger partial charge in [-0.05, 0) is 30.5 Å². The second-order valence-corrected chi connectivity index (χ2v) is 4.86. The number of aromatic nitrogens is 1. The fraction of sp³-hybridized carbons (Fsp3) is 0.429. The average molecular weight is 260 g/mol. The average Bonchev–Trinajstić information content (AvgIpc) is 3.14. The molecule has 1 aromatic carbocycles. The summed E-state index contributed by atoms with van der Waals surface area (Å²) in [6, 6.07) is 5.59. The molecule has 100 valence electrons. The standard InChI is InChI=1S/C14H16N2O3/c1-8-15-11-6-3-9(7-12(11)19-8)13(14(17)18-2)16-10-4-5-10/h3,6-7,10,13,16H,4-5H2,1-2H3. The van der Waals surface area contributed by atoms with Crippen LogP contribution < -0.4 is 5.32 Å². The van der Waals surface area contributed by atoms with Gasteiger partial charge in [0.15, 0.2) is 11.5 Å². The third-order valence-corrected chi connectivity index (χ3v) is 3.27. The number of oxazole rings is 1. The van der Waals surface area contributed by atoms with Gasteiger partial charge < -0.3 is 9.15 Å². The van der Waals surface area contributed by atoms with Crippen LogP contribution in [0, 0.1) is 6.92 Å². The van der Waals surface area contributed by atoms with Gasteiger partial charge in [-0.1, -0.05) is 6.07 Å². The highest BCUT2D eigenvalue weighted by Gasteiger charge is 2.30. The lowest BCUT2D eigenvalue weighted by molar-refractivity contribution is -0.143. The van der Waals surface area contributed by atoms with Crippen LogP contribution in [0.25, 0.3) is 11.1 Å². The second-order valence-electron chi connectivity index (χ2n) is 4.86. The minimum atomic E-state index is -0.438. The van der Waals surface area contributed by atoms with Crippen molar-refractivity contribution in [2.45, 2.75) is 31.8 Å². The molecule has 1 N–H and O–H groups in total. The summed E-state index contributed by atoms with van der Waals surface area (Å²) < 4.78 is 10.4. The number of nitrogens with zero attached hydrogens (tertiary/aromatic N) is 1. The van der Waals surface area contributed by atoms with E-state index in [1.165, 1.54) is 7.11 Å². The third kappa shape index (κ3) is 2.46. The Balaban J connectivity index is 1.95. The molecule has 1 atom stereocenters. The van der Waals surface area contributed by atoms with Crippen molar-refractivity contribution < 1.29 is 13.9 Å². The highest BCUT2D eigenvalue weighted by molar-refractivity contribution is 5.81. The van der Waals surface area contributed by atoms with Crippen LogP contribution >= 0.6 is 0 Å². The Kier molecular flexibility index (Phi) is 2.98. The van der Waals surface area contributed by atoms with Gasteiger partial charge in [-0.3, -0.25) is 5.32 Å². The van der Waals surface area contributed by atoms with Gasteiger partial charge in [0.05, 0.1) is 7.11 Å². The van der Waals surface area contributed by atoms with E-state index in [1.54, 1.807) is 6.92 Å². The molecule has 1 aromatic heterocycles. The molecule has 1 unspecified atom stereocenters. The Bertz CT molecular complexity index is 616. The zero-order valence-corrected chi connectivity index (χ0v) is 11.0. The first-order chi connectivity index (χ1) is 9.17. The maximum atomic E-state index is 11.9. The number of benzene rings is 1. The van der Waals surface area contributed by atoms with Crippen LogP contribution in [-0.2, 0) is 9.53 Å². The number of fused-ring (bicyclic) bond motifs is 1. The number of hydrogen-bond acceptors (Lipinski definition) is 5. The number of methoxy groups -OCH3 is 1. The van der Waals surface area contributed by atoms with Crippen molar-refractivity contribution in [3.05, 3.63) is 29.7 Å². The minimum Gasteiger partial charge on any atom is -0.468 e. The Morgan fingerprint density at radius 1 is 1.53 bits per heavy atom. The predicted octanol–water partition coefficient (Wildman–Crippen LogP) is 2.10. The third-order valence-electron chi connectivity index (χ3n) is 3.27. The van der Waals surface area contributed by atoms with Crippen LogP contribution in [0.1, 0.15) is 30.3 Å². The van der Waals surface area contributed by atoms with Gasteiger partial charge in [0.2, 0.25) is 0 Å². The number of esters is 1. The number of ether oxygens (including phenoxy) is 1. The molecule has 3 rings (SSSR count). The number of hydrogen-bond donors (Lipinski definition) is 1. The molecule has 0 bridgehead atoms. The normalized spacial score (nSPS) is 16.5. The fourth-order valence-electron chi connectivity index (χ4n) is 2.14. The summed E-state index contributed by atoms with van der Waals surface area (Å²) in [7, 11) is 1.40. The molecule has 19 heavy (non-hydrogen) atoms. The zero-order valence-electron chi connectivity index (χ0n) is 11.0. The van der Waals surface area contributed by atoms with Crippen LogP contribution in [0.4, 0.5) is 0 Å². The predicted molar refractivity (Wildman–Crippen MR) is 69.7 cm³/mol. The first kappa shape index (κ1) is 12.2.